The number of carbonyl (C=O) groups excluding carboxylic acids is 1. The van der Waals surface area contributed by atoms with Crippen LogP contribution in [0.25, 0.3) is 0 Å². The van der Waals surface area contributed by atoms with Crippen molar-refractivity contribution in [3.8, 4) is 0 Å². The highest BCUT2D eigenvalue weighted by Gasteiger charge is 2.10. The highest BCUT2D eigenvalue weighted by Crippen LogP contribution is 2.26. The van der Waals surface area contributed by atoms with E-state index in [-0.39, 0.29) is 0 Å². The lowest BCUT2D eigenvalue weighted by Gasteiger charge is -2.19. The molecular weight excluding hydrogens is 160 g/mol. The van der Waals surface area contributed by atoms with E-state index in [1.165, 1.54) is 44.6 Å². The minimum absolute atomic E-state index is 0.810. The molecule has 1 heteroatoms. The highest BCUT2D eigenvalue weighted by atomic mass is 16.1. The second-order valence-corrected chi connectivity index (χ2v) is 3.69. The first-order valence-electron chi connectivity index (χ1n) is 5.20. The van der Waals surface area contributed by atoms with Crippen molar-refractivity contribution in [1.29, 1.82) is 0 Å². The molecule has 13 heavy (non-hydrogen) atoms. The Hall–Kier alpha value is -0.850. The van der Waals surface area contributed by atoms with E-state index in [1.807, 2.05) is 6.08 Å². The van der Waals surface area contributed by atoms with Crippen molar-refractivity contribution < 1.29 is 4.79 Å². The van der Waals surface area contributed by atoms with Gasteiger partial charge in [-0.1, -0.05) is 50.3 Å². The summed E-state index contributed by atoms with van der Waals surface area (Å²) in [5.74, 6) is 0.898. The number of rotatable bonds is 4. The molecule has 0 atom stereocenters. The molecule has 0 aromatic rings. The summed E-state index contributed by atoms with van der Waals surface area (Å²) in [4.78, 5) is 9.95. The second kappa shape index (κ2) is 6.64. The van der Waals surface area contributed by atoms with Gasteiger partial charge in [-0.05, 0) is 18.4 Å². The molecule has 0 aliphatic heterocycles. The Bertz CT molecular complexity index is 185. The Morgan fingerprint density at radius 3 is 2.46 bits per heavy atom. The van der Waals surface area contributed by atoms with Gasteiger partial charge >= 0.3 is 0 Å². The maximum atomic E-state index is 9.95. The number of hydrogen-bond acceptors (Lipinski definition) is 1. The molecule has 72 valence electrons. The van der Waals surface area contributed by atoms with Crippen molar-refractivity contribution in [3.05, 3.63) is 24.3 Å². The van der Waals surface area contributed by atoms with Crippen molar-refractivity contribution in [2.45, 2.75) is 38.5 Å². The lowest BCUT2D eigenvalue weighted by Crippen LogP contribution is -2.04. The number of aldehydes is 1. The summed E-state index contributed by atoms with van der Waals surface area (Å²) in [6, 6.07) is 0. The van der Waals surface area contributed by atoms with Gasteiger partial charge in [0.25, 0.3) is 0 Å². The van der Waals surface area contributed by atoms with Gasteiger partial charge in [-0.15, -0.1) is 0 Å². The molecule has 0 N–H and O–H groups in total. The molecule has 0 radical (unpaired) electrons. The zero-order chi connectivity index (χ0) is 9.36. The van der Waals surface area contributed by atoms with Crippen LogP contribution in [0.4, 0.5) is 0 Å². The van der Waals surface area contributed by atoms with Gasteiger partial charge in [0.1, 0.15) is 6.29 Å². The van der Waals surface area contributed by atoms with E-state index in [0.717, 1.165) is 12.2 Å². The first-order chi connectivity index (χ1) is 6.43. The largest absolute Gasteiger partial charge is 0.299 e. The molecule has 0 unspecified atom stereocenters. The van der Waals surface area contributed by atoms with Gasteiger partial charge in [0.05, 0.1) is 0 Å². The third kappa shape index (κ3) is 4.66. The Labute approximate surface area is 80.5 Å². The molecule has 0 heterocycles. The average molecular weight is 178 g/mol. The van der Waals surface area contributed by atoms with Gasteiger partial charge in [0.2, 0.25) is 0 Å². The third-order valence-electron chi connectivity index (χ3n) is 2.63. The molecule has 1 aliphatic carbocycles. The summed E-state index contributed by atoms with van der Waals surface area (Å²) in [5, 5.41) is 0. The predicted molar refractivity (Wildman–Crippen MR) is 55.5 cm³/mol. The average Bonchev–Trinajstić information content (AvgIpc) is 2.19. The topological polar surface area (TPSA) is 17.1 Å². The van der Waals surface area contributed by atoms with Crippen LogP contribution in [-0.4, -0.2) is 6.29 Å². The first kappa shape index (κ1) is 10.2. The van der Waals surface area contributed by atoms with E-state index < -0.39 is 0 Å². The molecule has 1 aliphatic rings. The number of allylic oxidation sites excluding steroid dienone is 4. The summed E-state index contributed by atoms with van der Waals surface area (Å²) >= 11 is 0. The number of carbonyl (C=O) groups is 1. The van der Waals surface area contributed by atoms with Gasteiger partial charge in [-0.2, -0.15) is 0 Å². The fraction of sp³-hybridized carbons (Fsp3) is 0.583. The Morgan fingerprint density at radius 2 is 1.77 bits per heavy atom. The van der Waals surface area contributed by atoms with E-state index >= 15 is 0 Å². The van der Waals surface area contributed by atoms with E-state index in [2.05, 4.69) is 6.08 Å². The number of hydrogen-bond donors (Lipinski definition) is 0. The Morgan fingerprint density at radius 1 is 1.00 bits per heavy atom. The van der Waals surface area contributed by atoms with Crippen LogP contribution < -0.4 is 0 Å². The second-order valence-electron chi connectivity index (χ2n) is 3.69. The SMILES string of the molecule is O=CC=CC=CCC1CCCCC1. The zero-order valence-corrected chi connectivity index (χ0v) is 8.11. The fourth-order valence-electron chi connectivity index (χ4n) is 1.88. The summed E-state index contributed by atoms with van der Waals surface area (Å²) in [6.07, 6.45) is 16.5. The molecule has 0 bridgehead atoms. The van der Waals surface area contributed by atoms with Crippen LogP contribution in [0.1, 0.15) is 38.5 Å². The summed E-state index contributed by atoms with van der Waals surface area (Å²) < 4.78 is 0. The third-order valence-corrected chi connectivity index (χ3v) is 2.63. The van der Waals surface area contributed by atoms with E-state index in [9.17, 15) is 4.79 Å². The fourth-order valence-corrected chi connectivity index (χ4v) is 1.88. The molecule has 0 aromatic carbocycles. The smallest absolute Gasteiger partial charge is 0.142 e. The minimum atomic E-state index is 0.810. The Balaban J connectivity index is 2.13. The summed E-state index contributed by atoms with van der Waals surface area (Å²) in [6.45, 7) is 0. The van der Waals surface area contributed by atoms with Gasteiger partial charge in [-0.3, -0.25) is 4.79 Å². The molecule has 0 saturated heterocycles. The standard InChI is InChI=1S/C12H18O/c13-11-7-2-1-4-8-12-9-5-3-6-10-12/h1-2,4,7,11-12H,3,5-6,8-10H2. The van der Waals surface area contributed by atoms with E-state index in [4.69, 9.17) is 0 Å². The quantitative estimate of drug-likeness (QED) is 0.367. The summed E-state index contributed by atoms with van der Waals surface area (Å²) in [7, 11) is 0. The molecule has 1 saturated carbocycles. The molecule has 0 amide bonds. The van der Waals surface area contributed by atoms with Crippen molar-refractivity contribution >= 4 is 6.29 Å². The zero-order valence-electron chi connectivity index (χ0n) is 8.11. The highest BCUT2D eigenvalue weighted by molar-refractivity contribution is 5.65. The minimum Gasteiger partial charge on any atom is -0.299 e. The van der Waals surface area contributed by atoms with Crippen LogP contribution in [0, 0.1) is 5.92 Å². The van der Waals surface area contributed by atoms with Crippen molar-refractivity contribution in [2.75, 3.05) is 0 Å². The van der Waals surface area contributed by atoms with Gasteiger partial charge in [-0.25, -0.2) is 0 Å². The van der Waals surface area contributed by atoms with E-state index in [0.29, 0.717) is 0 Å². The molecule has 1 rings (SSSR count). The Kier molecular flexibility index (Phi) is 5.23. The predicted octanol–water partition coefficient (Wildman–Crippen LogP) is 3.27. The van der Waals surface area contributed by atoms with E-state index in [1.54, 1.807) is 6.08 Å². The van der Waals surface area contributed by atoms with Crippen LogP contribution in [0.5, 0.6) is 0 Å². The van der Waals surface area contributed by atoms with Crippen LogP contribution in [0.2, 0.25) is 0 Å². The first-order valence-corrected chi connectivity index (χ1v) is 5.20. The normalized spacial score (nSPS) is 20.0. The van der Waals surface area contributed by atoms with Gasteiger partial charge < -0.3 is 0 Å². The molecule has 0 spiro atoms. The maximum absolute atomic E-state index is 9.95. The van der Waals surface area contributed by atoms with Crippen LogP contribution >= 0.6 is 0 Å². The lowest BCUT2D eigenvalue weighted by molar-refractivity contribution is -0.104. The van der Waals surface area contributed by atoms with Gasteiger partial charge in [0.15, 0.2) is 0 Å². The molecule has 1 nitrogen and oxygen atoms in total. The van der Waals surface area contributed by atoms with Crippen LogP contribution in [-0.2, 0) is 4.79 Å². The van der Waals surface area contributed by atoms with Crippen molar-refractivity contribution in [2.24, 2.45) is 5.92 Å². The monoisotopic (exact) mass is 178 g/mol. The van der Waals surface area contributed by atoms with Crippen molar-refractivity contribution in [1.82, 2.24) is 0 Å². The molecule has 0 aromatic heterocycles. The molecular formula is C12H18O. The van der Waals surface area contributed by atoms with Crippen molar-refractivity contribution in [3.63, 3.8) is 0 Å². The maximum Gasteiger partial charge on any atom is 0.142 e. The van der Waals surface area contributed by atoms with Crippen LogP contribution in [0.3, 0.4) is 0 Å². The van der Waals surface area contributed by atoms with Crippen LogP contribution in [0.15, 0.2) is 24.3 Å². The lowest BCUT2D eigenvalue weighted by atomic mass is 9.87. The molecule has 1 fully saturated rings. The summed E-state index contributed by atoms with van der Waals surface area (Å²) in [5.41, 5.74) is 0. The van der Waals surface area contributed by atoms with Gasteiger partial charge in [0, 0.05) is 0 Å².